The normalized spacial score (nSPS) is 15.9. The second kappa shape index (κ2) is 8.94. The quantitative estimate of drug-likeness (QED) is 0.698. The zero-order chi connectivity index (χ0) is 21.0. The Morgan fingerprint density at radius 1 is 1.14 bits per heavy atom. The second-order valence-electron chi connectivity index (χ2n) is 6.92. The fraction of sp³-hybridized carbons (Fsp3) is 0.333. The van der Waals surface area contributed by atoms with Crippen LogP contribution in [0.2, 0.25) is 0 Å². The van der Waals surface area contributed by atoms with Crippen molar-refractivity contribution in [2.24, 2.45) is 0 Å². The van der Waals surface area contributed by atoms with Gasteiger partial charge in [0.05, 0.1) is 12.0 Å². The third-order valence-electron chi connectivity index (χ3n) is 5.02. The molecule has 2 aromatic carbocycles. The van der Waals surface area contributed by atoms with Crippen molar-refractivity contribution in [2.75, 3.05) is 33.3 Å². The molecule has 1 fully saturated rings. The van der Waals surface area contributed by atoms with Crippen LogP contribution in [0.3, 0.4) is 0 Å². The molecule has 0 radical (unpaired) electrons. The minimum absolute atomic E-state index is 0.0897. The number of aromatic hydroxyl groups is 1. The van der Waals surface area contributed by atoms with E-state index in [0.717, 1.165) is 23.3 Å². The Kier molecular flexibility index (Phi) is 6.56. The fourth-order valence-corrected chi connectivity index (χ4v) is 4.82. The van der Waals surface area contributed by atoms with Crippen molar-refractivity contribution in [1.82, 2.24) is 9.21 Å². The number of halogens is 1. The molecule has 2 aromatic rings. The van der Waals surface area contributed by atoms with E-state index in [0.29, 0.717) is 44.9 Å². The molecule has 1 heterocycles. The molecule has 29 heavy (non-hydrogen) atoms. The van der Waals surface area contributed by atoms with Crippen LogP contribution in [-0.2, 0) is 23.0 Å². The number of phenolic OH excluding ortho intramolecular Hbond substituents is 1. The summed E-state index contributed by atoms with van der Waals surface area (Å²) >= 11 is 0. The van der Waals surface area contributed by atoms with Crippen LogP contribution < -0.4 is 4.74 Å². The molecule has 8 heteroatoms. The average molecular weight is 421 g/mol. The van der Waals surface area contributed by atoms with Gasteiger partial charge in [-0.05, 0) is 42.8 Å². The first-order valence-electron chi connectivity index (χ1n) is 9.33. The number of nitrogens with zero attached hydrogens (tertiary/aromatic N) is 2. The maximum atomic E-state index is 13.1. The Morgan fingerprint density at radius 3 is 2.34 bits per heavy atom. The van der Waals surface area contributed by atoms with E-state index in [1.165, 1.54) is 16.4 Å². The maximum absolute atomic E-state index is 13.1. The SMILES string of the molecule is C=CCc1cc(OC)cc(CN2CCN(S(=O)(=O)c3ccc(F)cc3)CC2)c1O. The van der Waals surface area contributed by atoms with Crippen LogP contribution in [0.15, 0.2) is 53.9 Å². The molecule has 1 N–H and O–H groups in total. The lowest BCUT2D eigenvalue weighted by Crippen LogP contribution is -2.48. The summed E-state index contributed by atoms with van der Waals surface area (Å²) in [5, 5.41) is 10.6. The number of piperazine rings is 1. The van der Waals surface area contributed by atoms with Crippen molar-refractivity contribution in [3.63, 3.8) is 0 Å². The van der Waals surface area contributed by atoms with Crippen LogP contribution in [-0.4, -0.2) is 56.0 Å². The van der Waals surface area contributed by atoms with E-state index in [-0.39, 0.29) is 10.6 Å². The average Bonchev–Trinajstić information content (AvgIpc) is 2.71. The van der Waals surface area contributed by atoms with Gasteiger partial charge in [-0.25, -0.2) is 12.8 Å². The molecule has 0 atom stereocenters. The van der Waals surface area contributed by atoms with Gasteiger partial charge >= 0.3 is 0 Å². The van der Waals surface area contributed by atoms with Crippen molar-refractivity contribution in [1.29, 1.82) is 0 Å². The van der Waals surface area contributed by atoms with E-state index in [9.17, 15) is 17.9 Å². The lowest BCUT2D eigenvalue weighted by molar-refractivity contribution is 0.180. The van der Waals surface area contributed by atoms with E-state index in [1.807, 2.05) is 0 Å². The van der Waals surface area contributed by atoms with E-state index >= 15 is 0 Å². The van der Waals surface area contributed by atoms with Gasteiger partial charge in [0.2, 0.25) is 10.0 Å². The first kappa shape index (κ1) is 21.3. The molecule has 0 aliphatic carbocycles. The first-order chi connectivity index (χ1) is 13.8. The zero-order valence-electron chi connectivity index (χ0n) is 16.3. The highest BCUT2D eigenvalue weighted by molar-refractivity contribution is 7.89. The van der Waals surface area contributed by atoms with Crippen molar-refractivity contribution in [3.8, 4) is 11.5 Å². The molecule has 156 valence electrons. The van der Waals surface area contributed by atoms with Crippen LogP contribution >= 0.6 is 0 Å². The lowest BCUT2D eigenvalue weighted by Gasteiger charge is -2.34. The Hall–Kier alpha value is -2.42. The van der Waals surface area contributed by atoms with E-state index in [4.69, 9.17) is 4.74 Å². The van der Waals surface area contributed by atoms with Crippen LogP contribution in [0, 0.1) is 5.82 Å². The van der Waals surface area contributed by atoms with Crippen molar-refractivity contribution in [3.05, 3.63) is 66.0 Å². The Balaban J connectivity index is 1.69. The number of benzene rings is 2. The van der Waals surface area contributed by atoms with Gasteiger partial charge in [-0.15, -0.1) is 6.58 Å². The monoisotopic (exact) mass is 420 g/mol. The number of allylic oxidation sites excluding steroid dienone is 1. The molecule has 0 aromatic heterocycles. The maximum Gasteiger partial charge on any atom is 0.243 e. The lowest BCUT2D eigenvalue weighted by atomic mass is 10.0. The van der Waals surface area contributed by atoms with E-state index < -0.39 is 15.8 Å². The van der Waals surface area contributed by atoms with Gasteiger partial charge in [0.25, 0.3) is 0 Å². The fourth-order valence-electron chi connectivity index (χ4n) is 3.40. The molecule has 6 nitrogen and oxygen atoms in total. The summed E-state index contributed by atoms with van der Waals surface area (Å²) in [5.74, 6) is 0.405. The molecule has 0 bridgehead atoms. The van der Waals surface area contributed by atoms with E-state index in [1.54, 1.807) is 25.3 Å². The second-order valence-corrected chi connectivity index (χ2v) is 8.86. The van der Waals surface area contributed by atoms with Gasteiger partial charge in [-0.2, -0.15) is 4.31 Å². The summed E-state index contributed by atoms with van der Waals surface area (Å²) < 4.78 is 45.3. The molecule has 0 amide bonds. The van der Waals surface area contributed by atoms with Gasteiger partial charge in [-0.3, -0.25) is 4.90 Å². The minimum atomic E-state index is -3.65. The smallest absolute Gasteiger partial charge is 0.243 e. The predicted octanol–water partition coefficient (Wildman–Crippen LogP) is 2.77. The molecule has 0 saturated carbocycles. The van der Waals surface area contributed by atoms with Gasteiger partial charge in [0.15, 0.2) is 0 Å². The van der Waals surface area contributed by atoms with Crippen LogP contribution in [0.1, 0.15) is 11.1 Å². The molecular formula is C21H25FN2O4S. The van der Waals surface area contributed by atoms with Gasteiger partial charge in [0.1, 0.15) is 17.3 Å². The minimum Gasteiger partial charge on any atom is -0.507 e. The number of hydrogen-bond acceptors (Lipinski definition) is 5. The molecule has 1 aliphatic heterocycles. The van der Waals surface area contributed by atoms with Gasteiger partial charge in [-0.1, -0.05) is 6.08 Å². The number of rotatable bonds is 7. The number of hydrogen-bond donors (Lipinski definition) is 1. The van der Waals surface area contributed by atoms with E-state index in [2.05, 4.69) is 11.5 Å². The topological polar surface area (TPSA) is 70.1 Å². The van der Waals surface area contributed by atoms with Crippen LogP contribution in [0.4, 0.5) is 4.39 Å². The zero-order valence-corrected chi connectivity index (χ0v) is 17.2. The molecule has 0 unspecified atom stereocenters. The standard InChI is InChI=1S/C21H25FN2O4S/c1-3-4-16-13-19(28-2)14-17(21(16)25)15-23-9-11-24(12-10-23)29(26,27)20-7-5-18(22)6-8-20/h3,5-8,13-14,25H,1,4,9-12,15H2,2H3. The molecule has 1 saturated heterocycles. The molecule has 0 spiro atoms. The first-order valence-corrected chi connectivity index (χ1v) is 10.8. The Morgan fingerprint density at radius 2 is 1.76 bits per heavy atom. The van der Waals surface area contributed by atoms with Crippen molar-refractivity contribution in [2.45, 2.75) is 17.9 Å². The van der Waals surface area contributed by atoms with Crippen molar-refractivity contribution >= 4 is 10.0 Å². The summed E-state index contributed by atoms with van der Waals surface area (Å²) in [7, 11) is -2.07. The summed E-state index contributed by atoms with van der Waals surface area (Å²) in [6.45, 7) is 5.89. The van der Waals surface area contributed by atoms with Crippen LogP contribution in [0.5, 0.6) is 11.5 Å². The van der Waals surface area contributed by atoms with Crippen molar-refractivity contribution < 1.29 is 22.7 Å². The third-order valence-corrected chi connectivity index (χ3v) is 6.93. The highest BCUT2D eigenvalue weighted by atomic mass is 32.2. The highest BCUT2D eigenvalue weighted by Gasteiger charge is 2.29. The summed E-state index contributed by atoms with van der Waals surface area (Å²) in [6.07, 6.45) is 2.25. The third kappa shape index (κ3) is 4.77. The number of phenols is 1. The molecule has 1 aliphatic rings. The Bertz CT molecular complexity index is 969. The summed E-state index contributed by atoms with van der Waals surface area (Å²) in [4.78, 5) is 2.18. The van der Waals surface area contributed by atoms with Gasteiger partial charge < -0.3 is 9.84 Å². The number of methoxy groups -OCH3 is 1. The Labute approximate surface area is 170 Å². The predicted molar refractivity (Wildman–Crippen MR) is 109 cm³/mol. The molecular weight excluding hydrogens is 395 g/mol. The van der Waals surface area contributed by atoms with Crippen LogP contribution in [0.25, 0.3) is 0 Å². The summed E-state index contributed by atoms with van der Waals surface area (Å²) in [6, 6.07) is 8.45. The van der Waals surface area contributed by atoms with Gasteiger partial charge in [0, 0.05) is 43.9 Å². The number of ether oxygens (including phenoxy) is 1. The largest absolute Gasteiger partial charge is 0.507 e. The number of sulfonamides is 1. The summed E-state index contributed by atoms with van der Waals surface area (Å²) in [5.41, 5.74) is 1.47. The highest BCUT2D eigenvalue weighted by Crippen LogP contribution is 2.30. The molecule has 3 rings (SSSR count).